The third-order valence-corrected chi connectivity index (χ3v) is 2.97. The molecule has 0 N–H and O–H groups in total. The molecule has 2 heteroatoms. The Kier molecular flexibility index (Phi) is 4.73. The highest BCUT2D eigenvalue weighted by molar-refractivity contribution is 5.79. The maximum Gasteiger partial charge on any atom is 0.118 e. The molecule has 2 aromatic rings. The third-order valence-electron chi connectivity index (χ3n) is 2.97. The van der Waals surface area contributed by atoms with Crippen LogP contribution >= 0.6 is 0 Å². The van der Waals surface area contributed by atoms with E-state index in [1.165, 1.54) is 5.56 Å². The molecular formula is C17H19NO. The molecule has 0 amide bonds. The van der Waals surface area contributed by atoms with Crippen LogP contribution < -0.4 is 4.74 Å². The van der Waals surface area contributed by atoms with Crippen molar-refractivity contribution in [2.75, 3.05) is 7.11 Å². The molecule has 0 unspecified atom stereocenters. The standard InChI is InChI=1S/C17H19NO/c1-14(12-15-6-4-3-5-7-15)18-13-16-8-10-17(19-2)11-9-16/h3-11,13-14H,12H2,1-2H3/t14-/m1/s1. The van der Waals surface area contributed by atoms with Crippen LogP contribution in [0.1, 0.15) is 18.1 Å². The van der Waals surface area contributed by atoms with E-state index < -0.39 is 0 Å². The van der Waals surface area contributed by atoms with E-state index in [1.54, 1.807) is 7.11 Å². The Morgan fingerprint density at radius 1 is 1.05 bits per heavy atom. The van der Waals surface area contributed by atoms with Gasteiger partial charge in [0.15, 0.2) is 0 Å². The van der Waals surface area contributed by atoms with Gasteiger partial charge in [-0.3, -0.25) is 4.99 Å². The lowest BCUT2D eigenvalue weighted by Gasteiger charge is -2.06. The lowest BCUT2D eigenvalue weighted by molar-refractivity contribution is 0.415. The van der Waals surface area contributed by atoms with Gasteiger partial charge in [-0.2, -0.15) is 0 Å². The molecule has 0 saturated heterocycles. The number of hydrogen-bond acceptors (Lipinski definition) is 2. The molecular weight excluding hydrogens is 234 g/mol. The molecule has 1 atom stereocenters. The summed E-state index contributed by atoms with van der Waals surface area (Å²) in [5.41, 5.74) is 2.42. The number of ether oxygens (including phenoxy) is 1. The van der Waals surface area contributed by atoms with E-state index in [0.29, 0.717) is 0 Å². The molecule has 0 aliphatic heterocycles. The Labute approximate surface area is 114 Å². The van der Waals surface area contributed by atoms with Crippen LogP contribution in [-0.4, -0.2) is 19.4 Å². The zero-order valence-corrected chi connectivity index (χ0v) is 11.4. The summed E-state index contributed by atoms with van der Waals surface area (Å²) in [4.78, 5) is 4.58. The van der Waals surface area contributed by atoms with Crippen molar-refractivity contribution in [3.63, 3.8) is 0 Å². The molecule has 2 aromatic carbocycles. The predicted octanol–water partition coefficient (Wildman–Crippen LogP) is 3.75. The van der Waals surface area contributed by atoms with Crippen molar-refractivity contribution in [3.05, 3.63) is 65.7 Å². The predicted molar refractivity (Wildman–Crippen MR) is 80.2 cm³/mol. The quantitative estimate of drug-likeness (QED) is 0.744. The third kappa shape index (κ3) is 4.25. The fourth-order valence-electron chi connectivity index (χ4n) is 1.91. The summed E-state index contributed by atoms with van der Waals surface area (Å²) in [6, 6.07) is 18.6. The van der Waals surface area contributed by atoms with Gasteiger partial charge in [0.25, 0.3) is 0 Å². The van der Waals surface area contributed by atoms with Crippen LogP contribution in [0.15, 0.2) is 59.6 Å². The highest BCUT2D eigenvalue weighted by atomic mass is 16.5. The van der Waals surface area contributed by atoms with Crippen LogP contribution in [0.5, 0.6) is 5.75 Å². The molecule has 98 valence electrons. The van der Waals surface area contributed by atoms with E-state index >= 15 is 0 Å². The zero-order valence-electron chi connectivity index (χ0n) is 11.4. The van der Waals surface area contributed by atoms with Crippen molar-refractivity contribution in [3.8, 4) is 5.75 Å². The molecule has 2 nitrogen and oxygen atoms in total. The van der Waals surface area contributed by atoms with Crippen molar-refractivity contribution in [1.82, 2.24) is 0 Å². The fourth-order valence-corrected chi connectivity index (χ4v) is 1.91. The lowest BCUT2D eigenvalue weighted by atomic mass is 10.1. The number of aliphatic imine (C=N–C) groups is 1. The van der Waals surface area contributed by atoms with Crippen molar-refractivity contribution in [2.24, 2.45) is 4.99 Å². The molecule has 0 aliphatic rings. The Hall–Kier alpha value is -2.09. The second-order valence-corrected chi connectivity index (χ2v) is 4.59. The summed E-state index contributed by atoms with van der Waals surface area (Å²) in [5.74, 6) is 0.870. The van der Waals surface area contributed by atoms with E-state index in [0.717, 1.165) is 17.7 Å². The van der Waals surface area contributed by atoms with Crippen LogP contribution in [0.3, 0.4) is 0 Å². The van der Waals surface area contributed by atoms with E-state index in [4.69, 9.17) is 4.74 Å². The van der Waals surface area contributed by atoms with Crippen LogP contribution in [0, 0.1) is 0 Å². The number of hydrogen-bond donors (Lipinski definition) is 0. The second kappa shape index (κ2) is 6.74. The number of benzene rings is 2. The molecule has 0 spiro atoms. The van der Waals surface area contributed by atoms with E-state index in [2.05, 4.69) is 36.2 Å². The molecule has 2 rings (SSSR count). The van der Waals surface area contributed by atoms with Gasteiger partial charge < -0.3 is 4.74 Å². The Morgan fingerprint density at radius 2 is 1.74 bits per heavy atom. The monoisotopic (exact) mass is 253 g/mol. The highest BCUT2D eigenvalue weighted by Gasteiger charge is 2.00. The maximum atomic E-state index is 5.13. The van der Waals surface area contributed by atoms with E-state index in [-0.39, 0.29) is 6.04 Å². The van der Waals surface area contributed by atoms with Gasteiger partial charge in [0.1, 0.15) is 5.75 Å². The Balaban J connectivity index is 1.94. The number of nitrogens with zero attached hydrogens (tertiary/aromatic N) is 1. The summed E-state index contributed by atoms with van der Waals surface area (Å²) in [6.07, 6.45) is 2.89. The maximum absolute atomic E-state index is 5.13. The normalized spacial score (nSPS) is 12.5. The van der Waals surface area contributed by atoms with Gasteiger partial charge in [0, 0.05) is 6.21 Å². The minimum atomic E-state index is 0.282. The Morgan fingerprint density at radius 3 is 2.37 bits per heavy atom. The van der Waals surface area contributed by atoms with Gasteiger partial charge in [-0.1, -0.05) is 30.3 Å². The van der Waals surface area contributed by atoms with Gasteiger partial charge in [-0.25, -0.2) is 0 Å². The van der Waals surface area contributed by atoms with Gasteiger partial charge in [0.2, 0.25) is 0 Å². The molecule has 0 radical (unpaired) electrons. The van der Waals surface area contributed by atoms with Crippen LogP contribution in [0.4, 0.5) is 0 Å². The average molecular weight is 253 g/mol. The minimum absolute atomic E-state index is 0.282. The zero-order chi connectivity index (χ0) is 13.5. The summed E-state index contributed by atoms with van der Waals surface area (Å²) in [7, 11) is 1.67. The SMILES string of the molecule is COc1ccc(C=N[C@H](C)Cc2ccccc2)cc1. The summed E-state index contributed by atoms with van der Waals surface area (Å²) < 4.78 is 5.13. The Bertz CT molecular complexity index is 517. The minimum Gasteiger partial charge on any atom is -0.497 e. The molecule has 19 heavy (non-hydrogen) atoms. The smallest absolute Gasteiger partial charge is 0.118 e. The molecule has 0 saturated carbocycles. The molecule has 0 bridgehead atoms. The van der Waals surface area contributed by atoms with Crippen LogP contribution in [0.25, 0.3) is 0 Å². The average Bonchev–Trinajstić information content (AvgIpc) is 2.47. The van der Waals surface area contributed by atoms with Gasteiger partial charge in [0.05, 0.1) is 13.2 Å². The fraction of sp³-hybridized carbons (Fsp3) is 0.235. The first-order chi connectivity index (χ1) is 9.28. The molecule has 0 heterocycles. The van der Waals surface area contributed by atoms with Crippen molar-refractivity contribution >= 4 is 6.21 Å². The van der Waals surface area contributed by atoms with Crippen molar-refractivity contribution in [2.45, 2.75) is 19.4 Å². The first kappa shape index (κ1) is 13.3. The molecule has 0 aliphatic carbocycles. The lowest BCUT2D eigenvalue weighted by Crippen LogP contribution is -2.03. The summed E-state index contributed by atoms with van der Waals surface area (Å²) >= 11 is 0. The van der Waals surface area contributed by atoms with Gasteiger partial charge in [-0.05, 0) is 48.7 Å². The van der Waals surface area contributed by atoms with E-state index in [1.807, 2.05) is 36.5 Å². The molecule has 0 aromatic heterocycles. The summed E-state index contributed by atoms with van der Waals surface area (Å²) in [6.45, 7) is 2.13. The highest BCUT2D eigenvalue weighted by Crippen LogP contribution is 2.10. The van der Waals surface area contributed by atoms with Crippen molar-refractivity contribution in [1.29, 1.82) is 0 Å². The first-order valence-electron chi connectivity index (χ1n) is 6.49. The van der Waals surface area contributed by atoms with Gasteiger partial charge in [-0.15, -0.1) is 0 Å². The largest absolute Gasteiger partial charge is 0.497 e. The second-order valence-electron chi connectivity index (χ2n) is 4.59. The summed E-state index contributed by atoms with van der Waals surface area (Å²) in [5, 5.41) is 0. The van der Waals surface area contributed by atoms with Crippen molar-refractivity contribution < 1.29 is 4.74 Å². The number of rotatable bonds is 5. The van der Waals surface area contributed by atoms with Crippen LogP contribution in [0.2, 0.25) is 0 Å². The van der Waals surface area contributed by atoms with Gasteiger partial charge >= 0.3 is 0 Å². The topological polar surface area (TPSA) is 21.6 Å². The van der Waals surface area contributed by atoms with Crippen LogP contribution in [-0.2, 0) is 6.42 Å². The molecule has 0 fully saturated rings. The van der Waals surface area contributed by atoms with E-state index in [9.17, 15) is 0 Å². The first-order valence-corrected chi connectivity index (χ1v) is 6.49. The number of methoxy groups -OCH3 is 1.